The second kappa shape index (κ2) is 6.92. The first-order valence-corrected chi connectivity index (χ1v) is 3.12. The van der Waals surface area contributed by atoms with E-state index < -0.39 is 0 Å². The van der Waals surface area contributed by atoms with E-state index in [9.17, 15) is 0 Å². The number of nitrogens with one attached hydrogen (secondary N) is 1. The fraction of sp³-hybridized carbons (Fsp3) is 0.833. The molecule has 0 aromatic heterocycles. The van der Waals surface area contributed by atoms with Crippen LogP contribution in [0.5, 0.6) is 0 Å². The Morgan fingerprint density at radius 3 is 2.62 bits per heavy atom. The van der Waals surface area contributed by atoms with E-state index in [0.29, 0.717) is 0 Å². The van der Waals surface area contributed by atoms with Crippen molar-refractivity contribution in [2.24, 2.45) is 5.73 Å². The van der Waals surface area contributed by atoms with Crippen molar-refractivity contribution in [3.05, 3.63) is 6.92 Å². The molecular formula is C6H15N2. The molecule has 0 bridgehead atoms. The van der Waals surface area contributed by atoms with E-state index >= 15 is 0 Å². The summed E-state index contributed by atoms with van der Waals surface area (Å²) in [5, 5.41) is 3.19. The Morgan fingerprint density at radius 1 is 1.38 bits per heavy atom. The van der Waals surface area contributed by atoms with Crippen LogP contribution in [0.15, 0.2) is 0 Å². The molecule has 0 atom stereocenters. The second-order valence-corrected chi connectivity index (χ2v) is 1.75. The zero-order chi connectivity index (χ0) is 6.24. The highest BCUT2D eigenvalue weighted by Crippen LogP contribution is 1.71. The van der Waals surface area contributed by atoms with Crippen molar-refractivity contribution in [3.8, 4) is 0 Å². The first-order chi connectivity index (χ1) is 3.91. The van der Waals surface area contributed by atoms with Crippen LogP contribution in [-0.2, 0) is 0 Å². The number of hydrogen-bond donors (Lipinski definition) is 2. The summed E-state index contributed by atoms with van der Waals surface area (Å²) in [7, 11) is 0. The molecule has 2 nitrogen and oxygen atoms in total. The van der Waals surface area contributed by atoms with E-state index in [1.807, 2.05) is 0 Å². The van der Waals surface area contributed by atoms with Crippen molar-refractivity contribution in [3.63, 3.8) is 0 Å². The summed E-state index contributed by atoms with van der Waals surface area (Å²) in [4.78, 5) is 0. The van der Waals surface area contributed by atoms with Crippen molar-refractivity contribution in [2.75, 3.05) is 19.6 Å². The first-order valence-electron chi connectivity index (χ1n) is 3.12. The monoisotopic (exact) mass is 115 g/mol. The predicted molar refractivity (Wildman–Crippen MR) is 36.5 cm³/mol. The van der Waals surface area contributed by atoms with Gasteiger partial charge in [-0.25, -0.2) is 0 Å². The smallest absolute Gasteiger partial charge is 0.00369 e. The molecule has 0 rings (SSSR count). The van der Waals surface area contributed by atoms with Crippen LogP contribution in [0.3, 0.4) is 0 Å². The first kappa shape index (κ1) is 7.92. The highest BCUT2D eigenvalue weighted by Gasteiger charge is 1.80. The lowest BCUT2D eigenvalue weighted by Crippen LogP contribution is -2.18. The molecule has 0 amide bonds. The normalized spacial score (nSPS) is 9.75. The third-order valence-corrected chi connectivity index (χ3v) is 0.911. The van der Waals surface area contributed by atoms with Gasteiger partial charge in [0.15, 0.2) is 0 Å². The number of hydrogen-bond acceptors (Lipinski definition) is 2. The van der Waals surface area contributed by atoms with E-state index in [-0.39, 0.29) is 0 Å². The summed E-state index contributed by atoms with van der Waals surface area (Å²) in [6.45, 7) is 6.52. The largest absolute Gasteiger partial charge is 0.330 e. The maximum atomic E-state index is 5.26. The quantitative estimate of drug-likeness (QED) is 0.500. The fourth-order valence-corrected chi connectivity index (χ4v) is 0.477. The van der Waals surface area contributed by atoms with Gasteiger partial charge in [-0.05, 0) is 32.5 Å². The Labute approximate surface area is 51.5 Å². The molecule has 2 heteroatoms. The van der Waals surface area contributed by atoms with Crippen LogP contribution >= 0.6 is 0 Å². The summed E-state index contributed by atoms with van der Waals surface area (Å²) >= 11 is 0. The molecule has 0 aromatic carbocycles. The zero-order valence-electron chi connectivity index (χ0n) is 5.32. The minimum atomic E-state index is 0.782. The molecule has 0 spiro atoms. The van der Waals surface area contributed by atoms with E-state index in [4.69, 9.17) is 5.73 Å². The molecule has 0 aliphatic heterocycles. The molecule has 0 saturated carbocycles. The summed E-state index contributed by atoms with van der Waals surface area (Å²) in [5.41, 5.74) is 5.26. The van der Waals surface area contributed by atoms with Crippen LogP contribution < -0.4 is 11.1 Å². The summed E-state index contributed by atoms with van der Waals surface area (Å²) < 4.78 is 0. The highest BCUT2D eigenvalue weighted by atomic mass is 14.8. The fourth-order valence-electron chi connectivity index (χ4n) is 0.477. The molecule has 0 aliphatic carbocycles. The van der Waals surface area contributed by atoms with Crippen LogP contribution in [0.1, 0.15) is 12.8 Å². The van der Waals surface area contributed by atoms with Crippen molar-refractivity contribution < 1.29 is 0 Å². The van der Waals surface area contributed by atoms with Gasteiger partial charge in [0.1, 0.15) is 0 Å². The summed E-state index contributed by atoms with van der Waals surface area (Å²) in [6, 6.07) is 0. The average Bonchev–Trinajstić information content (AvgIpc) is 1.81. The zero-order valence-corrected chi connectivity index (χ0v) is 5.32. The Hall–Kier alpha value is -0.0800. The van der Waals surface area contributed by atoms with E-state index in [1.165, 1.54) is 0 Å². The van der Waals surface area contributed by atoms with Crippen molar-refractivity contribution >= 4 is 0 Å². The molecule has 0 heterocycles. The van der Waals surface area contributed by atoms with Crippen molar-refractivity contribution in [1.29, 1.82) is 0 Å². The minimum Gasteiger partial charge on any atom is -0.330 e. The molecule has 8 heavy (non-hydrogen) atoms. The topological polar surface area (TPSA) is 38.0 Å². The maximum absolute atomic E-state index is 5.26. The van der Waals surface area contributed by atoms with Gasteiger partial charge in [0.05, 0.1) is 0 Å². The molecule has 0 unspecified atom stereocenters. The third-order valence-electron chi connectivity index (χ3n) is 0.911. The summed E-state index contributed by atoms with van der Waals surface area (Å²) in [6.07, 6.45) is 2.03. The lowest BCUT2D eigenvalue weighted by atomic mass is 10.4. The standard InChI is InChI=1S/C6H15N2/c1-2-5-8-6-3-4-7/h8H,1-7H2. The summed E-state index contributed by atoms with van der Waals surface area (Å²) in [5.74, 6) is 0. The third kappa shape index (κ3) is 5.92. The van der Waals surface area contributed by atoms with Crippen molar-refractivity contribution in [2.45, 2.75) is 12.8 Å². The Bertz CT molecular complexity index is 31.5. The van der Waals surface area contributed by atoms with Gasteiger partial charge in [-0.15, -0.1) is 0 Å². The van der Waals surface area contributed by atoms with Crippen LogP contribution in [0, 0.1) is 6.92 Å². The van der Waals surface area contributed by atoms with Gasteiger partial charge in [0, 0.05) is 0 Å². The average molecular weight is 115 g/mol. The molecule has 1 radical (unpaired) electrons. The van der Waals surface area contributed by atoms with Gasteiger partial charge in [0.2, 0.25) is 0 Å². The predicted octanol–water partition coefficient (Wildman–Crippen LogP) is 0.149. The maximum Gasteiger partial charge on any atom is -0.00369 e. The van der Waals surface area contributed by atoms with Crippen LogP contribution in [-0.4, -0.2) is 19.6 Å². The second-order valence-electron chi connectivity index (χ2n) is 1.75. The lowest BCUT2D eigenvalue weighted by molar-refractivity contribution is 0.658. The molecule has 0 aromatic rings. The Kier molecular flexibility index (Phi) is 6.85. The van der Waals surface area contributed by atoms with Crippen molar-refractivity contribution in [1.82, 2.24) is 5.32 Å². The molecule has 0 fully saturated rings. The van der Waals surface area contributed by atoms with Gasteiger partial charge in [-0.2, -0.15) is 0 Å². The Balaban J connectivity index is 2.53. The SMILES string of the molecule is [CH2]CCNCCCN. The van der Waals surface area contributed by atoms with Crippen LogP contribution in [0.4, 0.5) is 0 Å². The van der Waals surface area contributed by atoms with Crippen LogP contribution in [0.2, 0.25) is 0 Å². The van der Waals surface area contributed by atoms with Gasteiger partial charge >= 0.3 is 0 Å². The molecule has 3 N–H and O–H groups in total. The molecule has 0 aliphatic rings. The van der Waals surface area contributed by atoms with Gasteiger partial charge in [-0.1, -0.05) is 6.92 Å². The van der Waals surface area contributed by atoms with Gasteiger partial charge < -0.3 is 11.1 Å². The molecule has 49 valence electrons. The van der Waals surface area contributed by atoms with Gasteiger partial charge in [0.25, 0.3) is 0 Å². The van der Waals surface area contributed by atoms with Crippen LogP contribution in [0.25, 0.3) is 0 Å². The van der Waals surface area contributed by atoms with E-state index in [1.54, 1.807) is 0 Å². The van der Waals surface area contributed by atoms with E-state index in [0.717, 1.165) is 32.5 Å². The van der Waals surface area contributed by atoms with Gasteiger partial charge in [-0.3, -0.25) is 0 Å². The highest BCUT2D eigenvalue weighted by molar-refractivity contribution is 4.48. The minimum absolute atomic E-state index is 0.782. The molecule has 0 saturated heterocycles. The lowest BCUT2D eigenvalue weighted by Gasteiger charge is -1.98. The number of nitrogens with two attached hydrogens (primary N) is 1. The van der Waals surface area contributed by atoms with E-state index in [2.05, 4.69) is 12.2 Å². The molecular weight excluding hydrogens is 100 g/mol. The Morgan fingerprint density at radius 2 is 2.12 bits per heavy atom. The number of rotatable bonds is 5.